The fourth-order valence-electron chi connectivity index (χ4n) is 1.55. The Hall–Kier alpha value is -0.880. The fourth-order valence-corrected chi connectivity index (χ4v) is 3.16. The predicted octanol–water partition coefficient (Wildman–Crippen LogP) is 2.00. The van der Waals surface area contributed by atoms with Crippen molar-refractivity contribution >= 4 is 28.1 Å². The first kappa shape index (κ1) is 17.2. The van der Waals surface area contributed by atoms with Gasteiger partial charge in [0.2, 0.25) is 0 Å². The van der Waals surface area contributed by atoms with Crippen LogP contribution in [0.1, 0.15) is 25.6 Å². The Labute approximate surface area is 128 Å². The zero-order chi connectivity index (χ0) is 15.0. The zero-order valence-corrected chi connectivity index (χ0v) is 14.4. The molecular formula is C14H25N3OS2. The molecule has 1 heterocycles. The number of guanidine groups is 1. The topological polar surface area (TPSA) is 53.5 Å². The van der Waals surface area contributed by atoms with E-state index in [1.54, 1.807) is 18.4 Å². The Balaban J connectivity index is 2.22. The van der Waals surface area contributed by atoms with E-state index in [4.69, 9.17) is 0 Å². The van der Waals surface area contributed by atoms with Crippen molar-refractivity contribution in [1.29, 1.82) is 0 Å². The van der Waals surface area contributed by atoms with Gasteiger partial charge in [0.05, 0.1) is 0 Å². The Morgan fingerprint density at radius 2 is 2.05 bits per heavy atom. The molecule has 0 aromatic carbocycles. The summed E-state index contributed by atoms with van der Waals surface area (Å²) in [7, 11) is 0.922. The zero-order valence-electron chi connectivity index (χ0n) is 12.7. The third-order valence-corrected chi connectivity index (χ3v) is 5.61. The highest BCUT2D eigenvalue weighted by Crippen LogP contribution is 2.10. The standard InChI is InChI=1S/C14H25N3OS2/c1-14(2,3)20(18)11-9-17-13(15-4)16-8-7-12-6-5-10-19-12/h5-6,10H,7-9,11H2,1-4H3,(H2,15,16,17). The highest BCUT2D eigenvalue weighted by molar-refractivity contribution is 7.86. The smallest absolute Gasteiger partial charge is 0.191 e. The molecule has 0 saturated carbocycles. The third-order valence-electron chi connectivity index (χ3n) is 2.73. The number of hydrogen-bond acceptors (Lipinski definition) is 3. The molecule has 20 heavy (non-hydrogen) atoms. The maximum absolute atomic E-state index is 11.9. The van der Waals surface area contributed by atoms with Crippen LogP contribution in [0.3, 0.4) is 0 Å². The van der Waals surface area contributed by atoms with E-state index in [2.05, 4.69) is 33.1 Å². The summed E-state index contributed by atoms with van der Waals surface area (Å²) < 4.78 is 11.8. The molecule has 0 spiro atoms. The number of hydrogen-bond donors (Lipinski definition) is 2. The number of aliphatic imine (C=N–C) groups is 1. The van der Waals surface area contributed by atoms with Gasteiger partial charge in [0.15, 0.2) is 5.96 Å². The Morgan fingerprint density at radius 1 is 1.35 bits per heavy atom. The van der Waals surface area contributed by atoms with Crippen LogP contribution in [-0.4, -0.2) is 40.8 Å². The maximum atomic E-state index is 11.9. The largest absolute Gasteiger partial charge is 0.356 e. The van der Waals surface area contributed by atoms with Crippen LogP contribution in [0.5, 0.6) is 0 Å². The molecular weight excluding hydrogens is 290 g/mol. The molecule has 0 saturated heterocycles. The highest BCUT2D eigenvalue weighted by atomic mass is 32.2. The van der Waals surface area contributed by atoms with Crippen molar-refractivity contribution < 1.29 is 4.21 Å². The van der Waals surface area contributed by atoms with Gasteiger partial charge in [-0.25, -0.2) is 0 Å². The summed E-state index contributed by atoms with van der Waals surface area (Å²) >= 11 is 1.77. The first-order valence-corrected chi connectivity index (χ1v) is 8.98. The molecule has 4 nitrogen and oxygen atoms in total. The summed E-state index contributed by atoms with van der Waals surface area (Å²) in [5.74, 6) is 1.40. The quantitative estimate of drug-likeness (QED) is 0.624. The van der Waals surface area contributed by atoms with Crippen LogP contribution in [0.25, 0.3) is 0 Å². The van der Waals surface area contributed by atoms with Crippen LogP contribution >= 0.6 is 11.3 Å². The number of thiophene rings is 1. The molecule has 0 amide bonds. The van der Waals surface area contributed by atoms with E-state index in [9.17, 15) is 4.21 Å². The summed E-state index contributed by atoms with van der Waals surface area (Å²) in [6, 6.07) is 4.20. The molecule has 114 valence electrons. The summed E-state index contributed by atoms with van der Waals surface area (Å²) in [6.45, 7) is 7.51. The van der Waals surface area contributed by atoms with Gasteiger partial charge in [-0.1, -0.05) is 6.07 Å². The monoisotopic (exact) mass is 315 g/mol. The molecule has 1 aromatic rings. The summed E-state index contributed by atoms with van der Waals surface area (Å²) in [6.07, 6.45) is 0.992. The van der Waals surface area contributed by atoms with Crippen molar-refractivity contribution in [3.63, 3.8) is 0 Å². The molecule has 0 radical (unpaired) electrons. The number of nitrogens with one attached hydrogen (secondary N) is 2. The van der Waals surface area contributed by atoms with Crippen LogP contribution in [-0.2, 0) is 17.2 Å². The van der Waals surface area contributed by atoms with Crippen molar-refractivity contribution in [1.82, 2.24) is 10.6 Å². The lowest BCUT2D eigenvalue weighted by molar-refractivity contribution is 0.647. The van der Waals surface area contributed by atoms with Crippen LogP contribution in [0.4, 0.5) is 0 Å². The van der Waals surface area contributed by atoms with Gasteiger partial charge >= 0.3 is 0 Å². The lowest BCUT2D eigenvalue weighted by Crippen LogP contribution is -2.41. The molecule has 0 aliphatic heterocycles. The van der Waals surface area contributed by atoms with E-state index >= 15 is 0 Å². The Morgan fingerprint density at radius 3 is 2.60 bits per heavy atom. The van der Waals surface area contributed by atoms with E-state index in [1.165, 1.54) is 4.88 Å². The van der Waals surface area contributed by atoms with E-state index in [0.29, 0.717) is 12.3 Å². The third kappa shape index (κ3) is 6.52. The average Bonchev–Trinajstić information content (AvgIpc) is 2.88. The first-order valence-electron chi connectivity index (χ1n) is 6.79. The molecule has 1 unspecified atom stereocenters. The average molecular weight is 316 g/mol. The second-order valence-corrected chi connectivity index (χ2v) is 8.77. The van der Waals surface area contributed by atoms with Crippen molar-refractivity contribution in [2.45, 2.75) is 31.9 Å². The van der Waals surface area contributed by atoms with Gasteiger partial charge < -0.3 is 10.6 Å². The van der Waals surface area contributed by atoms with Crippen LogP contribution in [0, 0.1) is 0 Å². The molecule has 1 atom stereocenters. The normalized spacial score (nSPS) is 14.1. The molecule has 0 aliphatic rings. The van der Waals surface area contributed by atoms with Gasteiger partial charge in [-0.3, -0.25) is 9.20 Å². The molecule has 0 fully saturated rings. The van der Waals surface area contributed by atoms with Gasteiger partial charge in [0, 0.05) is 46.3 Å². The molecule has 2 N–H and O–H groups in total. The number of rotatable bonds is 6. The second-order valence-electron chi connectivity index (χ2n) is 5.42. The van der Waals surface area contributed by atoms with Crippen LogP contribution in [0.15, 0.2) is 22.5 Å². The van der Waals surface area contributed by atoms with Crippen molar-refractivity contribution in [3.8, 4) is 0 Å². The molecule has 1 aromatic heterocycles. The Kier molecular flexibility index (Phi) is 7.23. The summed E-state index contributed by atoms with van der Waals surface area (Å²) in [5.41, 5.74) is 0. The minimum atomic E-state index is -0.829. The summed E-state index contributed by atoms with van der Waals surface area (Å²) in [4.78, 5) is 5.53. The second kappa shape index (κ2) is 8.42. The van der Waals surface area contributed by atoms with E-state index < -0.39 is 10.8 Å². The van der Waals surface area contributed by atoms with Gasteiger partial charge in [-0.15, -0.1) is 11.3 Å². The molecule has 1 rings (SSSR count). The first-order chi connectivity index (χ1) is 9.43. The van der Waals surface area contributed by atoms with E-state index in [0.717, 1.165) is 18.9 Å². The van der Waals surface area contributed by atoms with Crippen LogP contribution < -0.4 is 10.6 Å². The van der Waals surface area contributed by atoms with E-state index in [1.807, 2.05) is 20.8 Å². The van der Waals surface area contributed by atoms with Gasteiger partial charge in [0.25, 0.3) is 0 Å². The van der Waals surface area contributed by atoms with Crippen molar-refractivity contribution in [2.24, 2.45) is 4.99 Å². The highest BCUT2D eigenvalue weighted by Gasteiger charge is 2.18. The fraction of sp³-hybridized carbons (Fsp3) is 0.643. The van der Waals surface area contributed by atoms with Gasteiger partial charge in [-0.2, -0.15) is 0 Å². The lowest BCUT2D eigenvalue weighted by atomic mass is 10.3. The van der Waals surface area contributed by atoms with Crippen LogP contribution in [0.2, 0.25) is 0 Å². The minimum absolute atomic E-state index is 0.155. The summed E-state index contributed by atoms with van der Waals surface area (Å²) in [5, 5.41) is 8.56. The van der Waals surface area contributed by atoms with E-state index in [-0.39, 0.29) is 4.75 Å². The minimum Gasteiger partial charge on any atom is -0.356 e. The Bertz CT molecular complexity index is 436. The van der Waals surface area contributed by atoms with Crippen molar-refractivity contribution in [3.05, 3.63) is 22.4 Å². The van der Waals surface area contributed by atoms with Gasteiger partial charge in [0.1, 0.15) is 0 Å². The number of nitrogens with zero attached hydrogens (tertiary/aromatic N) is 1. The molecule has 0 aliphatic carbocycles. The lowest BCUT2D eigenvalue weighted by Gasteiger charge is -2.18. The molecule has 0 bridgehead atoms. The SMILES string of the molecule is CN=C(NCCc1cccs1)NCCS(=O)C(C)(C)C. The molecule has 6 heteroatoms. The predicted molar refractivity (Wildman–Crippen MR) is 90.1 cm³/mol. The van der Waals surface area contributed by atoms with Gasteiger partial charge in [-0.05, 0) is 38.6 Å². The maximum Gasteiger partial charge on any atom is 0.191 e. The van der Waals surface area contributed by atoms with Crippen molar-refractivity contribution in [2.75, 3.05) is 25.9 Å².